The molecule has 3 heterocycles. The summed E-state index contributed by atoms with van der Waals surface area (Å²) in [4.78, 5) is 29.7. The second-order valence-corrected chi connectivity index (χ2v) is 5.80. The van der Waals surface area contributed by atoms with Crippen LogP contribution >= 0.6 is 11.6 Å². The lowest BCUT2D eigenvalue weighted by atomic mass is 10.2. The predicted octanol–water partition coefficient (Wildman–Crippen LogP) is 1.99. The van der Waals surface area contributed by atoms with Crippen molar-refractivity contribution in [3.05, 3.63) is 46.5 Å². The molecule has 0 aliphatic carbocycles. The summed E-state index contributed by atoms with van der Waals surface area (Å²) in [5, 5.41) is 3.11. The number of carbonyl (C=O) groups excluding carboxylic acids is 2. The summed E-state index contributed by atoms with van der Waals surface area (Å²) in [5.41, 5.74) is 7.81. The van der Waals surface area contributed by atoms with Crippen LogP contribution in [0.3, 0.4) is 0 Å². The maximum Gasteiger partial charge on any atom is 0.322 e. The number of hydrogen-bond acceptors (Lipinski definition) is 3. The van der Waals surface area contributed by atoms with Crippen LogP contribution in [-0.2, 0) is 13.1 Å². The Morgan fingerprint density at radius 1 is 1.35 bits per heavy atom. The largest absolute Gasteiger partial charge is 0.365 e. The quantitative estimate of drug-likeness (QED) is 0.880. The molecule has 0 aromatic carbocycles. The summed E-state index contributed by atoms with van der Waals surface area (Å²) in [5.74, 6) is -0.589. The van der Waals surface area contributed by atoms with Crippen molar-refractivity contribution in [1.82, 2.24) is 14.5 Å². The number of hydrogen-bond donors (Lipinski definition) is 2. The standard InChI is InChI=1S/C15H16ClN5O2/c1-9-2-3-10(6-18-9)19-15(23)21-5-4-20-7-11(16)13(14(17)22)12(20)8-21/h2-3,6-7H,4-5,8H2,1H3,(H2,17,22)(H,19,23). The number of nitrogens with one attached hydrogen (secondary N) is 1. The van der Waals surface area contributed by atoms with Crippen molar-refractivity contribution in [1.29, 1.82) is 0 Å². The van der Waals surface area contributed by atoms with E-state index < -0.39 is 5.91 Å². The van der Waals surface area contributed by atoms with Crippen molar-refractivity contribution in [3.63, 3.8) is 0 Å². The van der Waals surface area contributed by atoms with Gasteiger partial charge in [0.25, 0.3) is 5.91 Å². The third kappa shape index (κ3) is 3.00. The number of nitrogens with zero attached hydrogens (tertiary/aromatic N) is 3. The molecule has 8 heteroatoms. The van der Waals surface area contributed by atoms with Gasteiger partial charge in [-0.3, -0.25) is 9.78 Å². The molecule has 0 radical (unpaired) electrons. The number of carbonyl (C=O) groups is 2. The summed E-state index contributed by atoms with van der Waals surface area (Å²) in [6.45, 7) is 3.22. The van der Waals surface area contributed by atoms with Crippen molar-refractivity contribution in [2.75, 3.05) is 11.9 Å². The van der Waals surface area contributed by atoms with E-state index >= 15 is 0 Å². The van der Waals surface area contributed by atoms with E-state index in [0.29, 0.717) is 29.5 Å². The molecule has 0 fully saturated rings. The highest BCUT2D eigenvalue weighted by atomic mass is 35.5. The lowest BCUT2D eigenvalue weighted by Gasteiger charge is -2.29. The van der Waals surface area contributed by atoms with Gasteiger partial charge in [-0.25, -0.2) is 4.79 Å². The molecule has 0 saturated carbocycles. The number of amides is 3. The zero-order chi connectivity index (χ0) is 16.6. The minimum absolute atomic E-state index is 0.255. The molecule has 2 aromatic rings. The molecule has 0 unspecified atom stereocenters. The van der Waals surface area contributed by atoms with Crippen molar-refractivity contribution >= 4 is 29.2 Å². The van der Waals surface area contributed by atoms with Crippen LogP contribution in [0.25, 0.3) is 0 Å². The van der Waals surface area contributed by atoms with Crippen LogP contribution in [0, 0.1) is 6.92 Å². The normalized spacial score (nSPS) is 13.6. The highest BCUT2D eigenvalue weighted by Gasteiger charge is 2.27. The molecule has 1 aliphatic heterocycles. The van der Waals surface area contributed by atoms with Gasteiger partial charge in [-0.2, -0.15) is 0 Å². The second-order valence-electron chi connectivity index (χ2n) is 5.40. The predicted molar refractivity (Wildman–Crippen MR) is 86.4 cm³/mol. The van der Waals surface area contributed by atoms with Crippen LogP contribution in [-0.4, -0.2) is 32.9 Å². The fourth-order valence-electron chi connectivity index (χ4n) is 2.60. The number of rotatable bonds is 2. The number of nitrogens with two attached hydrogens (primary N) is 1. The Hall–Kier alpha value is -2.54. The second kappa shape index (κ2) is 5.92. The molecule has 0 bridgehead atoms. The third-order valence-electron chi connectivity index (χ3n) is 3.79. The van der Waals surface area contributed by atoms with Gasteiger partial charge in [0.05, 0.1) is 34.7 Å². The van der Waals surface area contributed by atoms with E-state index in [-0.39, 0.29) is 18.1 Å². The van der Waals surface area contributed by atoms with E-state index in [2.05, 4.69) is 10.3 Å². The Bertz CT molecular complexity index is 769. The molecule has 2 aromatic heterocycles. The number of urea groups is 1. The summed E-state index contributed by atoms with van der Waals surface area (Å²) in [6, 6.07) is 3.36. The van der Waals surface area contributed by atoms with Crippen LogP contribution in [0.4, 0.5) is 10.5 Å². The van der Waals surface area contributed by atoms with Crippen LogP contribution in [0.1, 0.15) is 21.7 Å². The highest BCUT2D eigenvalue weighted by molar-refractivity contribution is 6.34. The molecular weight excluding hydrogens is 318 g/mol. The number of primary amides is 1. The van der Waals surface area contributed by atoms with Crippen LogP contribution in [0.2, 0.25) is 5.02 Å². The van der Waals surface area contributed by atoms with Gasteiger partial charge < -0.3 is 20.5 Å². The van der Waals surface area contributed by atoms with Gasteiger partial charge in [-0.15, -0.1) is 0 Å². The molecule has 0 spiro atoms. The number of pyridine rings is 1. The lowest BCUT2D eigenvalue weighted by molar-refractivity contribution is 0.0997. The first-order valence-electron chi connectivity index (χ1n) is 7.11. The summed E-state index contributed by atoms with van der Waals surface area (Å²) in [7, 11) is 0. The molecule has 3 amide bonds. The monoisotopic (exact) mass is 333 g/mol. The average molecular weight is 334 g/mol. The van der Waals surface area contributed by atoms with Crippen LogP contribution in [0.15, 0.2) is 24.5 Å². The average Bonchev–Trinajstić information content (AvgIpc) is 2.84. The number of fused-ring (bicyclic) bond motifs is 1. The molecule has 1 aliphatic rings. The fraction of sp³-hybridized carbons (Fsp3) is 0.267. The SMILES string of the molecule is Cc1ccc(NC(=O)N2CCn3cc(Cl)c(C(N)=O)c3C2)cn1. The molecule has 23 heavy (non-hydrogen) atoms. The number of anilines is 1. The number of aromatic nitrogens is 2. The smallest absolute Gasteiger partial charge is 0.322 e. The van der Waals surface area contributed by atoms with Gasteiger partial charge >= 0.3 is 6.03 Å². The molecule has 7 nitrogen and oxygen atoms in total. The number of aryl methyl sites for hydroxylation is 1. The molecule has 120 valence electrons. The van der Waals surface area contributed by atoms with Gasteiger partial charge in [0.15, 0.2) is 0 Å². The Morgan fingerprint density at radius 3 is 2.78 bits per heavy atom. The van der Waals surface area contributed by atoms with Crippen molar-refractivity contribution in [2.24, 2.45) is 5.73 Å². The third-order valence-corrected chi connectivity index (χ3v) is 4.08. The Kier molecular flexibility index (Phi) is 3.96. The maximum atomic E-state index is 12.4. The number of halogens is 1. The minimum Gasteiger partial charge on any atom is -0.365 e. The fourth-order valence-corrected chi connectivity index (χ4v) is 2.92. The van der Waals surface area contributed by atoms with Crippen molar-refractivity contribution in [2.45, 2.75) is 20.0 Å². The van der Waals surface area contributed by atoms with Gasteiger partial charge in [-0.1, -0.05) is 11.6 Å². The van der Waals surface area contributed by atoms with E-state index in [0.717, 1.165) is 5.69 Å². The molecule has 3 rings (SSSR count). The van der Waals surface area contributed by atoms with E-state index in [4.69, 9.17) is 17.3 Å². The Labute approximate surface area is 138 Å². The Balaban J connectivity index is 1.77. The van der Waals surface area contributed by atoms with Gasteiger partial charge in [0.2, 0.25) is 0 Å². The molecular formula is C15H16ClN5O2. The van der Waals surface area contributed by atoms with Gasteiger partial charge in [0, 0.05) is 25.0 Å². The first-order chi connectivity index (χ1) is 11.0. The maximum absolute atomic E-state index is 12.4. The summed E-state index contributed by atoms with van der Waals surface area (Å²) < 4.78 is 1.86. The van der Waals surface area contributed by atoms with Crippen LogP contribution in [0.5, 0.6) is 0 Å². The molecule has 3 N–H and O–H groups in total. The summed E-state index contributed by atoms with van der Waals surface area (Å²) in [6.07, 6.45) is 3.28. The molecule has 0 saturated heterocycles. The van der Waals surface area contributed by atoms with Crippen molar-refractivity contribution < 1.29 is 9.59 Å². The minimum atomic E-state index is -0.589. The Morgan fingerprint density at radius 2 is 2.13 bits per heavy atom. The molecule has 0 atom stereocenters. The van der Waals surface area contributed by atoms with E-state index in [1.807, 2.05) is 17.6 Å². The van der Waals surface area contributed by atoms with Crippen LogP contribution < -0.4 is 11.1 Å². The van der Waals surface area contributed by atoms with E-state index in [1.165, 1.54) is 0 Å². The zero-order valence-corrected chi connectivity index (χ0v) is 13.3. The van der Waals surface area contributed by atoms with E-state index in [1.54, 1.807) is 23.4 Å². The first-order valence-corrected chi connectivity index (χ1v) is 7.49. The zero-order valence-electron chi connectivity index (χ0n) is 12.5. The topological polar surface area (TPSA) is 93.3 Å². The summed E-state index contributed by atoms with van der Waals surface area (Å²) >= 11 is 6.05. The highest BCUT2D eigenvalue weighted by Crippen LogP contribution is 2.26. The van der Waals surface area contributed by atoms with E-state index in [9.17, 15) is 9.59 Å². The lowest BCUT2D eigenvalue weighted by Crippen LogP contribution is -2.41. The van der Waals surface area contributed by atoms with Gasteiger partial charge in [-0.05, 0) is 19.1 Å². The first kappa shape index (κ1) is 15.4. The van der Waals surface area contributed by atoms with Crippen molar-refractivity contribution in [3.8, 4) is 0 Å². The van der Waals surface area contributed by atoms with Gasteiger partial charge in [0.1, 0.15) is 0 Å².